The van der Waals surface area contributed by atoms with E-state index in [9.17, 15) is 0 Å². The van der Waals surface area contributed by atoms with Crippen LogP contribution in [0.3, 0.4) is 0 Å². The number of hydrogen-bond acceptors (Lipinski definition) is 5. The zero-order chi connectivity index (χ0) is 15.4. The van der Waals surface area contributed by atoms with E-state index in [4.69, 9.17) is 18.9 Å². The van der Waals surface area contributed by atoms with Crippen LogP contribution in [0, 0.1) is 0 Å². The van der Waals surface area contributed by atoms with Gasteiger partial charge in [0.2, 0.25) is 0 Å². The minimum absolute atomic E-state index is 0.134. The van der Waals surface area contributed by atoms with Gasteiger partial charge in [0.05, 0.1) is 26.9 Å². The molecule has 5 nitrogen and oxygen atoms in total. The van der Waals surface area contributed by atoms with Crippen molar-refractivity contribution in [3.8, 4) is 11.5 Å². The van der Waals surface area contributed by atoms with Gasteiger partial charge in [-0.2, -0.15) is 0 Å². The summed E-state index contributed by atoms with van der Waals surface area (Å²) in [5.41, 5.74) is 1.08. The monoisotopic (exact) mass is 307 g/mol. The Hall–Kier alpha value is -1.30. The summed E-state index contributed by atoms with van der Waals surface area (Å²) in [5, 5.41) is 3.44. The molecule has 1 aromatic carbocycles. The fourth-order valence-electron chi connectivity index (χ4n) is 3.28. The Balaban J connectivity index is 1.51. The molecule has 22 heavy (non-hydrogen) atoms. The minimum Gasteiger partial charge on any atom is -0.497 e. The Morgan fingerprint density at radius 1 is 1.23 bits per heavy atom. The summed E-state index contributed by atoms with van der Waals surface area (Å²) < 4.78 is 22.7. The average Bonchev–Trinajstić information content (AvgIpc) is 3.17. The number of rotatable bonds is 6. The molecule has 1 heterocycles. The highest BCUT2D eigenvalue weighted by Crippen LogP contribution is 2.39. The van der Waals surface area contributed by atoms with Crippen molar-refractivity contribution in [3.05, 3.63) is 23.8 Å². The highest BCUT2D eigenvalue weighted by atomic mass is 16.7. The Morgan fingerprint density at radius 2 is 2.05 bits per heavy atom. The fourth-order valence-corrected chi connectivity index (χ4v) is 3.28. The van der Waals surface area contributed by atoms with Gasteiger partial charge in [-0.25, -0.2) is 0 Å². The molecule has 1 saturated carbocycles. The van der Waals surface area contributed by atoms with Gasteiger partial charge in [-0.3, -0.25) is 0 Å². The zero-order valence-corrected chi connectivity index (χ0v) is 13.4. The van der Waals surface area contributed by atoms with Crippen LogP contribution < -0.4 is 14.8 Å². The van der Waals surface area contributed by atoms with Crippen molar-refractivity contribution in [2.75, 3.05) is 27.4 Å². The number of ether oxygens (including phenoxy) is 4. The van der Waals surface area contributed by atoms with E-state index in [0.717, 1.165) is 36.4 Å². The van der Waals surface area contributed by atoms with Gasteiger partial charge in [-0.15, -0.1) is 0 Å². The molecule has 2 aliphatic rings. The van der Waals surface area contributed by atoms with Crippen LogP contribution in [0.5, 0.6) is 11.5 Å². The molecule has 1 saturated heterocycles. The van der Waals surface area contributed by atoms with Crippen LogP contribution in [0.2, 0.25) is 0 Å². The van der Waals surface area contributed by atoms with Crippen molar-refractivity contribution in [1.29, 1.82) is 0 Å². The van der Waals surface area contributed by atoms with E-state index in [2.05, 4.69) is 5.32 Å². The van der Waals surface area contributed by atoms with Gasteiger partial charge in [0, 0.05) is 31.5 Å². The summed E-state index contributed by atoms with van der Waals surface area (Å²) in [5.74, 6) is 1.42. The lowest BCUT2D eigenvalue weighted by molar-refractivity contribution is -0.161. The van der Waals surface area contributed by atoms with Crippen molar-refractivity contribution >= 4 is 0 Å². The molecule has 0 amide bonds. The maximum atomic E-state index is 6.11. The smallest absolute Gasteiger partial charge is 0.168 e. The SMILES string of the molecule is COc1ccc(OC)c(CNC[C@H]2COC3(CCCC3)O2)c1. The van der Waals surface area contributed by atoms with Crippen LogP contribution in [-0.2, 0) is 16.0 Å². The quantitative estimate of drug-likeness (QED) is 0.875. The van der Waals surface area contributed by atoms with Crippen molar-refractivity contribution in [1.82, 2.24) is 5.32 Å². The van der Waals surface area contributed by atoms with Gasteiger partial charge < -0.3 is 24.3 Å². The van der Waals surface area contributed by atoms with Gasteiger partial charge in [0.25, 0.3) is 0 Å². The van der Waals surface area contributed by atoms with Gasteiger partial charge >= 0.3 is 0 Å². The highest BCUT2D eigenvalue weighted by Gasteiger charge is 2.43. The molecule has 0 bridgehead atoms. The highest BCUT2D eigenvalue weighted by molar-refractivity contribution is 5.40. The standard InChI is InChI=1S/C17H25NO4/c1-19-14-5-6-16(20-2)13(9-14)10-18-11-15-12-21-17(22-15)7-3-4-8-17/h5-6,9,15,18H,3-4,7-8,10-12H2,1-2H3/t15-/m0/s1. The first-order valence-corrected chi connectivity index (χ1v) is 7.98. The summed E-state index contributed by atoms with van der Waals surface area (Å²) in [6.07, 6.45) is 4.62. The molecule has 1 aliphatic heterocycles. The normalized spacial score (nSPS) is 23.1. The average molecular weight is 307 g/mol. The second kappa shape index (κ2) is 6.86. The van der Waals surface area contributed by atoms with Crippen molar-refractivity contribution in [2.45, 2.75) is 44.1 Å². The van der Waals surface area contributed by atoms with Gasteiger partial charge in [-0.05, 0) is 31.0 Å². The van der Waals surface area contributed by atoms with Crippen molar-refractivity contribution in [3.63, 3.8) is 0 Å². The molecule has 2 fully saturated rings. The Bertz CT molecular complexity index is 499. The molecule has 0 aromatic heterocycles. The lowest BCUT2D eigenvalue weighted by atomic mass is 10.2. The van der Waals surface area contributed by atoms with Gasteiger partial charge in [0.1, 0.15) is 11.5 Å². The summed E-state index contributed by atoms with van der Waals surface area (Å²) in [4.78, 5) is 0. The van der Waals surface area contributed by atoms with E-state index in [-0.39, 0.29) is 11.9 Å². The summed E-state index contributed by atoms with van der Waals surface area (Å²) >= 11 is 0. The predicted molar refractivity (Wildman–Crippen MR) is 83.3 cm³/mol. The zero-order valence-electron chi connectivity index (χ0n) is 13.4. The molecule has 0 unspecified atom stereocenters. The van der Waals surface area contributed by atoms with Crippen LogP contribution in [0.25, 0.3) is 0 Å². The largest absolute Gasteiger partial charge is 0.497 e. The van der Waals surface area contributed by atoms with E-state index in [1.807, 2.05) is 18.2 Å². The summed E-state index contributed by atoms with van der Waals surface area (Å²) in [6.45, 7) is 2.18. The first-order valence-electron chi connectivity index (χ1n) is 7.98. The third-order valence-corrected chi connectivity index (χ3v) is 4.45. The Morgan fingerprint density at radius 3 is 2.77 bits per heavy atom. The van der Waals surface area contributed by atoms with Crippen LogP contribution in [0.15, 0.2) is 18.2 Å². The first-order chi connectivity index (χ1) is 10.7. The molecule has 1 N–H and O–H groups in total. The number of nitrogens with one attached hydrogen (secondary N) is 1. The lowest BCUT2D eigenvalue weighted by Crippen LogP contribution is -2.31. The molecule has 0 radical (unpaired) electrons. The topological polar surface area (TPSA) is 49.0 Å². The van der Waals surface area contributed by atoms with Gasteiger partial charge in [0.15, 0.2) is 5.79 Å². The van der Waals surface area contributed by atoms with Crippen LogP contribution >= 0.6 is 0 Å². The number of benzene rings is 1. The maximum absolute atomic E-state index is 6.11. The third-order valence-electron chi connectivity index (χ3n) is 4.45. The third kappa shape index (κ3) is 3.37. The summed E-state index contributed by atoms with van der Waals surface area (Å²) in [6, 6.07) is 5.83. The van der Waals surface area contributed by atoms with E-state index in [1.165, 1.54) is 12.8 Å². The van der Waals surface area contributed by atoms with Crippen LogP contribution in [0.1, 0.15) is 31.2 Å². The second-order valence-corrected chi connectivity index (χ2v) is 5.98. The number of methoxy groups -OCH3 is 2. The van der Waals surface area contributed by atoms with E-state index >= 15 is 0 Å². The molecule has 1 aliphatic carbocycles. The first kappa shape index (κ1) is 15.6. The Labute approximate surface area is 131 Å². The molecule has 1 spiro atoms. The summed E-state index contributed by atoms with van der Waals surface area (Å²) in [7, 11) is 3.35. The van der Waals surface area contributed by atoms with E-state index in [1.54, 1.807) is 14.2 Å². The fraction of sp³-hybridized carbons (Fsp3) is 0.647. The molecule has 5 heteroatoms. The Kier molecular flexibility index (Phi) is 4.86. The second-order valence-electron chi connectivity index (χ2n) is 5.98. The van der Waals surface area contributed by atoms with E-state index < -0.39 is 0 Å². The van der Waals surface area contributed by atoms with E-state index in [0.29, 0.717) is 13.2 Å². The molecule has 1 atom stereocenters. The predicted octanol–water partition coefficient (Wildman–Crippen LogP) is 2.48. The maximum Gasteiger partial charge on any atom is 0.168 e. The molecule has 122 valence electrons. The van der Waals surface area contributed by atoms with Crippen molar-refractivity contribution in [2.24, 2.45) is 0 Å². The van der Waals surface area contributed by atoms with Crippen LogP contribution in [0.4, 0.5) is 0 Å². The molecular weight excluding hydrogens is 282 g/mol. The van der Waals surface area contributed by atoms with Crippen LogP contribution in [-0.4, -0.2) is 39.3 Å². The lowest BCUT2D eigenvalue weighted by Gasteiger charge is -2.22. The molecule has 1 aromatic rings. The molecular formula is C17H25NO4. The number of hydrogen-bond donors (Lipinski definition) is 1. The molecule has 3 rings (SSSR count). The van der Waals surface area contributed by atoms with Crippen molar-refractivity contribution < 1.29 is 18.9 Å². The van der Waals surface area contributed by atoms with Gasteiger partial charge in [-0.1, -0.05) is 0 Å². The minimum atomic E-state index is -0.278.